The Morgan fingerprint density at radius 3 is 2.62 bits per heavy atom. The molecule has 2 rings (SSSR count). The molecule has 2 aromatic carbocycles. The third kappa shape index (κ3) is 4.79. The lowest BCUT2D eigenvalue weighted by Gasteiger charge is -2.09. The summed E-state index contributed by atoms with van der Waals surface area (Å²) in [6.07, 6.45) is 0.282. The molecule has 5 heteroatoms. The number of carbonyl (C=O) groups excluding carboxylic acids is 1. The SMILES string of the molecule is Cc1ccc(NC(=O)CCOc2ccc(N)cc2)c(Br)c1. The molecule has 2 aromatic rings. The predicted molar refractivity (Wildman–Crippen MR) is 88.5 cm³/mol. The fourth-order valence-electron chi connectivity index (χ4n) is 1.76. The summed E-state index contributed by atoms with van der Waals surface area (Å²) in [5.74, 6) is 0.614. The van der Waals surface area contributed by atoms with Gasteiger partial charge in [0.15, 0.2) is 0 Å². The molecule has 0 aromatic heterocycles. The maximum atomic E-state index is 11.9. The molecule has 0 bridgehead atoms. The number of ether oxygens (including phenoxy) is 1. The molecule has 1 amide bonds. The van der Waals surface area contributed by atoms with Gasteiger partial charge in [-0.3, -0.25) is 4.79 Å². The molecule has 0 aliphatic rings. The van der Waals surface area contributed by atoms with Crippen molar-refractivity contribution in [2.75, 3.05) is 17.7 Å². The molecule has 3 N–H and O–H groups in total. The van der Waals surface area contributed by atoms with Gasteiger partial charge in [0, 0.05) is 10.2 Å². The number of halogens is 1. The molecule has 0 radical (unpaired) electrons. The molecule has 0 saturated heterocycles. The summed E-state index contributed by atoms with van der Waals surface area (Å²) in [6, 6.07) is 12.9. The van der Waals surface area contributed by atoms with E-state index in [1.165, 1.54) is 0 Å². The third-order valence-corrected chi connectivity index (χ3v) is 3.53. The Balaban J connectivity index is 1.81. The van der Waals surface area contributed by atoms with Crippen LogP contribution in [0.3, 0.4) is 0 Å². The summed E-state index contributed by atoms with van der Waals surface area (Å²) in [7, 11) is 0. The van der Waals surface area contributed by atoms with Gasteiger partial charge in [0.25, 0.3) is 0 Å². The van der Waals surface area contributed by atoms with Crippen LogP contribution in [0.4, 0.5) is 11.4 Å². The van der Waals surface area contributed by atoms with Crippen LogP contribution in [0.15, 0.2) is 46.9 Å². The van der Waals surface area contributed by atoms with E-state index in [2.05, 4.69) is 21.2 Å². The Kier molecular flexibility index (Phi) is 5.22. The van der Waals surface area contributed by atoms with Gasteiger partial charge in [0.2, 0.25) is 5.91 Å². The molecule has 0 unspecified atom stereocenters. The van der Waals surface area contributed by atoms with E-state index >= 15 is 0 Å². The quantitative estimate of drug-likeness (QED) is 0.808. The van der Waals surface area contributed by atoms with Gasteiger partial charge in [-0.2, -0.15) is 0 Å². The minimum Gasteiger partial charge on any atom is -0.493 e. The molecular formula is C16H17BrN2O2. The standard InChI is InChI=1S/C16H17BrN2O2/c1-11-2-7-15(14(17)10-11)19-16(20)8-9-21-13-5-3-12(18)4-6-13/h2-7,10H,8-9,18H2,1H3,(H,19,20). The smallest absolute Gasteiger partial charge is 0.227 e. The molecule has 0 saturated carbocycles. The van der Waals surface area contributed by atoms with Crippen molar-refractivity contribution in [1.29, 1.82) is 0 Å². The number of benzene rings is 2. The van der Waals surface area contributed by atoms with E-state index in [9.17, 15) is 4.79 Å². The molecule has 0 aliphatic heterocycles. The van der Waals surface area contributed by atoms with Crippen molar-refractivity contribution >= 4 is 33.2 Å². The lowest BCUT2D eigenvalue weighted by molar-refractivity contribution is -0.116. The van der Waals surface area contributed by atoms with Crippen molar-refractivity contribution < 1.29 is 9.53 Å². The van der Waals surface area contributed by atoms with Crippen molar-refractivity contribution in [2.24, 2.45) is 0 Å². The highest BCUT2D eigenvalue weighted by molar-refractivity contribution is 9.10. The lowest BCUT2D eigenvalue weighted by Crippen LogP contribution is -2.15. The number of aryl methyl sites for hydroxylation is 1. The van der Waals surface area contributed by atoms with E-state index in [1.54, 1.807) is 24.3 Å². The number of amides is 1. The third-order valence-electron chi connectivity index (χ3n) is 2.88. The van der Waals surface area contributed by atoms with Gasteiger partial charge in [0.05, 0.1) is 18.7 Å². The maximum absolute atomic E-state index is 11.9. The Hall–Kier alpha value is -2.01. The molecule has 0 spiro atoms. The van der Waals surface area contributed by atoms with E-state index in [-0.39, 0.29) is 12.3 Å². The predicted octanol–water partition coefficient (Wildman–Crippen LogP) is 3.75. The first kappa shape index (κ1) is 15.4. The van der Waals surface area contributed by atoms with E-state index in [0.29, 0.717) is 18.0 Å². The number of nitrogens with one attached hydrogen (secondary N) is 1. The van der Waals surface area contributed by atoms with E-state index in [1.807, 2.05) is 25.1 Å². The zero-order chi connectivity index (χ0) is 15.2. The highest BCUT2D eigenvalue weighted by Crippen LogP contribution is 2.23. The molecule has 21 heavy (non-hydrogen) atoms. The first-order valence-corrected chi connectivity index (χ1v) is 7.38. The Bertz CT molecular complexity index is 627. The molecule has 0 atom stereocenters. The normalized spacial score (nSPS) is 10.2. The van der Waals surface area contributed by atoms with Gasteiger partial charge in [-0.05, 0) is 64.8 Å². The minimum absolute atomic E-state index is 0.0880. The fourth-order valence-corrected chi connectivity index (χ4v) is 2.35. The van der Waals surface area contributed by atoms with Gasteiger partial charge >= 0.3 is 0 Å². The molecule has 0 heterocycles. The van der Waals surface area contributed by atoms with E-state index < -0.39 is 0 Å². The first-order chi connectivity index (χ1) is 10.0. The number of hydrogen-bond acceptors (Lipinski definition) is 3. The van der Waals surface area contributed by atoms with Crippen LogP contribution in [0.5, 0.6) is 5.75 Å². The zero-order valence-corrected chi connectivity index (χ0v) is 13.3. The summed E-state index contributed by atoms with van der Waals surface area (Å²) in [6.45, 7) is 2.32. The second-order valence-corrected chi connectivity index (χ2v) is 5.55. The van der Waals surface area contributed by atoms with Crippen molar-refractivity contribution in [3.63, 3.8) is 0 Å². The summed E-state index contributed by atoms with van der Waals surface area (Å²) < 4.78 is 6.36. The van der Waals surface area contributed by atoms with Gasteiger partial charge < -0.3 is 15.8 Å². The second-order valence-electron chi connectivity index (χ2n) is 4.70. The first-order valence-electron chi connectivity index (χ1n) is 6.59. The number of hydrogen-bond donors (Lipinski definition) is 2. The van der Waals surface area contributed by atoms with E-state index in [4.69, 9.17) is 10.5 Å². The molecule has 110 valence electrons. The van der Waals surface area contributed by atoms with Crippen LogP contribution in [0.2, 0.25) is 0 Å². The van der Waals surface area contributed by atoms with Crippen LogP contribution in [-0.2, 0) is 4.79 Å². The zero-order valence-electron chi connectivity index (χ0n) is 11.7. The Labute approximate surface area is 132 Å². The summed E-state index contributed by atoms with van der Waals surface area (Å²) in [5.41, 5.74) is 8.17. The highest BCUT2D eigenvalue weighted by atomic mass is 79.9. The van der Waals surface area contributed by atoms with E-state index in [0.717, 1.165) is 15.7 Å². The molecule has 4 nitrogen and oxygen atoms in total. The van der Waals surface area contributed by atoms with Crippen molar-refractivity contribution in [3.8, 4) is 5.75 Å². The number of carbonyl (C=O) groups is 1. The van der Waals surface area contributed by atoms with Crippen LogP contribution in [0, 0.1) is 6.92 Å². The summed E-state index contributed by atoms with van der Waals surface area (Å²) in [5, 5.41) is 2.85. The number of rotatable bonds is 5. The van der Waals surface area contributed by atoms with Crippen LogP contribution in [0.25, 0.3) is 0 Å². The minimum atomic E-state index is -0.0880. The fraction of sp³-hybridized carbons (Fsp3) is 0.188. The highest BCUT2D eigenvalue weighted by Gasteiger charge is 2.06. The van der Waals surface area contributed by atoms with Gasteiger partial charge in [-0.1, -0.05) is 6.07 Å². The number of nitrogen functional groups attached to an aromatic ring is 1. The van der Waals surface area contributed by atoms with Gasteiger partial charge in [0.1, 0.15) is 5.75 Å². The molecular weight excluding hydrogens is 332 g/mol. The van der Waals surface area contributed by atoms with Gasteiger partial charge in [-0.25, -0.2) is 0 Å². The summed E-state index contributed by atoms with van der Waals surface area (Å²) >= 11 is 3.43. The van der Waals surface area contributed by atoms with Crippen molar-refractivity contribution in [1.82, 2.24) is 0 Å². The average molecular weight is 349 g/mol. The van der Waals surface area contributed by atoms with Crippen LogP contribution in [0.1, 0.15) is 12.0 Å². The summed E-state index contributed by atoms with van der Waals surface area (Å²) in [4.78, 5) is 11.9. The Morgan fingerprint density at radius 1 is 1.24 bits per heavy atom. The molecule has 0 aliphatic carbocycles. The topological polar surface area (TPSA) is 64.3 Å². The second kappa shape index (κ2) is 7.13. The van der Waals surface area contributed by atoms with Crippen molar-refractivity contribution in [3.05, 3.63) is 52.5 Å². The molecule has 0 fully saturated rings. The number of anilines is 2. The van der Waals surface area contributed by atoms with Crippen molar-refractivity contribution in [2.45, 2.75) is 13.3 Å². The van der Waals surface area contributed by atoms with Crippen LogP contribution in [-0.4, -0.2) is 12.5 Å². The maximum Gasteiger partial charge on any atom is 0.227 e. The largest absolute Gasteiger partial charge is 0.493 e. The van der Waals surface area contributed by atoms with Gasteiger partial charge in [-0.15, -0.1) is 0 Å². The Morgan fingerprint density at radius 2 is 1.95 bits per heavy atom. The van der Waals surface area contributed by atoms with Crippen LogP contribution >= 0.6 is 15.9 Å². The van der Waals surface area contributed by atoms with Crippen LogP contribution < -0.4 is 15.8 Å². The number of nitrogens with two attached hydrogens (primary N) is 1. The average Bonchev–Trinajstić information content (AvgIpc) is 2.44. The monoisotopic (exact) mass is 348 g/mol. The lowest BCUT2D eigenvalue weighted by atomic mass is 10.2.